The Balaban J connectivity index is 1.27. The molecule has 0 bridgehead atoms. The van der Waals surface area contributed by atoms with Crippen molar-refractivity contribution in [3.8, 4) is 0 Å². The lowest BCUT2D eigenvalue weighted by molar-refractivity contribution is -0.137. The summed E-state index contributed by atoms with van der Waals surface area (Å²) in [6.07, 6.45) is 12.2. The molecule has 2 aliphatic carbocycles. The topological polar surface area (TPSA) is 94.8 Å². The molecule has 2 saturated carbocycles. The number of carbonyl (C=O) groups is 2. The third kappa shape index (κ3) is 7.18. The summed E-state index contributed by atoms with van der Waals surface area (Å²) in [7, 11) is 0. The molecule has 37 heavy (non-hydrogen) atoms. The Bertz CT molecular complexity index is 1040. The number of carbonyl (C=O) groups excluding carboxylic acids is 1. The van der Waals surface area contributed by atoms with Crippen molar-refractivity contribution in [2.24, 2.45) is 11.3 Å². The zero-order chi connectivity index (χ0) is 26.3. The Kier molecular flexibility index (Phi) is 9.74. The molecule has 0 radical (unpaired) electrons. The highest BCUT2D eigenvalue weighted by atomic mass is 32.1. The van der Waals surface area contributed by atoms with Gasteiger partial charge >= 0.3 is 5.97 Å². The molecule has 0 aliphatic heterocycles. The number of aliphatic carboxylic acids is 1. The molecule has 2 fully saturated rings. The first-order chi connectivity index (χ1) is 17.9. The lowest BCUT2D eigenvalue weighted by Gasteiger charge is -2.45. The van der Waals surface area contributed by atoms with E-state index in [1.165, 1.54) is 16.9 Å². The zero-order valence-electron chi connectivity index (χ0n) is 21.6. The van der Waals surface area contributed by atoms with E-state index in [1.807, 2.05) is 24.3 Å². The van der Waals surface area contributed by atoms with Crippen LogP contribution in [0.15, 0.2) is 53.9 Å². The number of benzene rings is 1. The lowest BCUT2D eigenvalue weighted by atomic mass is 9.62. The highest BCUT2D eigenvalue weighted by Crippen LogP contribution is 2.48. The predicted molar refractivity (Wildman–Crippen MR) is 147 cm³/mol. The maximum Gasteiger partial charge on any atom is 0.303 e. The average molecular weight is 525 g/mol. The smallest absolute Gasteiger partial charge is 0.303 e. The first-order valence-corrected chi connectivity index (χ1v) is 14.6. The molecule has 1 heterocycles. The van der Waals surface area contributed by atoms with Crippen molar-refractivity contribution in [1.29, 1.82) is 0 Å². The van der Waals surface area contributed by atoms with Crippen molar-refractivity contribution in [2.45, 2.75) is 95.2 Å². The van der Waals surface area contributed by atoms with Gasteiger partial charge in [-0.2, -0.15) is 0 Å². The lowest BCUT2D eigenvalue weighted by Crippen LogP contribution is -2.43. The van der Waals surface area contributed by atoms with Crippen LogP contribution in [-0.2, 0) is 22.4 Å². The highest BCUT2D eigenvalue weighted by Gasteiger charge is 2.43. The second-order valence-electron chi connectivity index (χ2n) is 11.0. The number of carboxylic acids is 1. The molecule has 6 heteroatoms. The number of ketones is 1. The Hall–Kier alpha value is -2.28. The number of aliphatic hydroxyl groups excluding tert-OH is 2. The van der Waals surface area contributed by atoms with Gasteiger partial charge in [0.2, 0.25) is 0 Å². The summed E-state index contributed by atoms with van der Waals surface area (Å²) in [5.41, 5.74) is 2.26. The third-order valence-corrected chi connectivity index (χ3v) is 9.34. The summed E-state index contributed by atoms with van der Waals surface area (Å²) >= 11 is 1.78. The van der Waals surface area contributed by atoms with Crippen molar-refractivity contribution in [3.05, 3.63) is 69.9 Å². The highest BCUT2D eigenvalue weighted by molar-refractivity contribution is 7.09. The van der Waals surface area contributed by atoms with Gasteiger partial charge in [-0.3, -0.25) is 9.59 Å². The molecule has 200 valence electrons. The standard InChI is InChI=1S/C31H40O5S/c32-26-20-27(33)30(25(26)10-3-1-2-4-12-29(35)36)23-15-13-22(14-16-23)8-5-11-28(34)31(17-7-18-31)21-24-9-6-19-37-24/h1,3,6,9,13-16,19,25,27-28,30,33-34H,2,4-5,7-8,10-12,17-18,20-21H2,(H,35,36)/b3-1-/t25-,27+,28?,30-/m0/s1. The second kappa shape index (κ2) is 13.0. The maximum atomic E-state index is 12.6. The Morgan fingerprint density at radius 2 is 1.92 bits per heavy atom. The van der Waals surface area contributed by atoms with E-state index < -0.39 is 12.1 Å². The summed E-state index contributed by atoms with van der Waals surface area (Å²) in [5.74, 6) is -1.15. The van der Waals surface area contributed by atoms with E-state index in [0.29, 0.717) is 19.3 Å². The van der Waals surface area contributed by atoms with Gasteiger partial charge < -0.3 is 15.3 Å². The van der Waals surface area contributed by atoms with Crippen LogP contribution in [-0.4, -0.2) is 39.3 Å². The van der Waals surface area contributed by atoms with Crippen LogP contribution in [0.1, 0.15) is 86.1 Å². The molecule has 5 nitrogen and oxygen atoms in total. The van der Waals surface area contributed by atoms with Crippen LogP contribution in [0.25, 0.3) is 0 Å². The number of rotatable bonds is 14. The average Bonchev–Trinajstić information content (AvgIpc) is 3.45. The van der Waals surface area contributed by atoms with Gasteiger partial charge in [0.05, 0.1) is 12.2 Å². The number of aliphatic hydroxyl groups is 2. The largest absolute Gasteiger partial charge is 0.481 e. The summed E-state index contributed by atoms with van der Waals surface area (Å²) in [6.45, 7) is 0. The minimum atomic E-state index is -0.793. The number of thiophene rings is 1. The van der Waals surface area contributed by atoms with Gasteiger partial charge in [-0.15, -0.1) is 11.3 Å². The molecule has 1 aromatic heterocycles. The number of carboxylic acid groups (broad SMARTS) is 1. The van der Waals surface area contributed by atoms with Gasteiger partial charge in [0.15, 0.2) is 0 Å². The zero-order valence-corrected chi connectivity index (χ0v) is 22.4. The number of Topliss-reactive ketones (excluding diaryl/α,β-unsaturated/α-hetero) is 1. The third-order valence-electron chi connectivity index (χ3n) is 8.46. The SMILES string of the molecule is O=C(O)CCC/C=C\C[C@H]1C(=O)C[C@@H](O)[C@H]1c1ccc(CCCC(O)C2(Cc3cccs3)CCC2)cc1. The van der Waals surface area contributed by atoms with E-state index in [9.17, 15) is 19.8 Å². The van der Waals surface area contributed by atoms with Crippen LogP contribution < -0.4 is 0 Å². The molecule has 1 aromatic carbocycles. The van der Waals surface area contributed by atoms with Crippen LogP contribution in [0.3, 0.4) is 0 Å². The quantitative estimate of drug-likeness (QED) is 0.206. The van der Waals surface area contributed by atoms with Crippen LogP contribution in [0.4, 0.5) is 0 Å². The van der Waals surface area contributed by atoms with Gasteiger partial charge in [0.1, 0.15) is 5.78 Å². The number of aryl methyl sites for hydroxylation is 1. The Morgan fingerprint density at radius 1 is 1.14 bits per heavy atom. The summed E-state index contributed by atoms with van der Waals surface area (Å²) in [5, 5.41) is 32.5. The molecular formula is C31H40O5S. The second-order valence-corrected chi connectivity index (χ2v) is 12.0. The fourth-order valence-corrected chi connectivity index (χ4v) is 7.01. The molecule has 1 unspecified atom stereocenters. The molecule has 4 rings (SSSR count). The molecule has 2 aromatic rings. The minimum absolute atomic E-state index is 0.0551. The Morgan fingerprint density at radius 3 is 2.57 bits per heavy atom. The van der Waals surface area contributed by atoms with E-state index in [4.69, 9.17) is 5.11 Å². The number of unbranched alkanes of at least 4 members (excludes halogenated alkanes) is 1. The van der Waals surface area contributed by atoms with E-state index in [1.54, 1.807) is 11.3 Å². The van der Waals surface area contributed by atoms with E-state index in [2.05, 4.69) is 29.6 Å². The van der Waals surface area contributed by atoms with Crippen molar-refractivity contribution < 1.29 is 24.9 Å². The van der Waals surface area contributed by atoms with Gasteiger partial charge in [-0.1, -0.05) is 48.9 Å². The van der Waals surface area contributed by atoms with Gasteiger partial charge in [-0.25, -0.2) is 0 Å². The van der Waals surface area contributed by atoms with Crippen LogP contribution in [0, 0.1) is 11.3 Å². The maximum absolute atomic E-state index is 12.6. The first kappa shape index (κ1) is 27.7. The van der Waals surface area contributed by atoms with Gasteiger partial charge in [0, 0.05) is 35.0 Å². The van der Waals surface area contributed by atoms with Crippen molar-refractivity contribution in [2.75, 3.05) is 0 Å². The summed E-state index contributed by atoms with van der Waals surface area (Å²) < 4.78 is 0. The molecule has 0 spiro atoms. The molecule has 0 amide bonds. The predicted octanol–water partition coefficient (Wildman–Crippen LogP) is 6.08. The van der Waals surface area contributed by atoms with Crippen LogP contribution in [0.5, 0.6) is 0 Å². The molecular weight excluding hydrogens is 484 g/mol. The molecule has 3 N–H and O–H groups in total. The summed E-state index contributed by atoms with van der Waals surface area (Å²) in [4.78, 5) is 24.6. The normalized spacial score (nSPS) is 23.8. The monoisotopic (exact) mass is 524 g/mol. The Labute approximate surface area is 224 Å². The number of hydrogen-bond donors (Lipinski definition) is 3. The van der Waals surface area contributed by atoms with E-state index in [0.717, 1.165) is 44.1 Å². The number of hydrogen-bond acceptors (Lipinski definition) is 5. The minimum Gasteiger partial charge on any atom is -0.481 e. The summed E-state index contributed by atoms with van der Waals surface area (Å²) in [6, 6.07) is 12.6. The van der Waals surface area contributed by atoms with Crippen LogP contribution >= 0.6 is 11.3 Å². The molecule has 2 aliphatic rings. The van der Waals surface area contributed by atoms with E-state index in [-0.39, 0.29) is 42.0 Å². The first-order valence-electron chi connectivity index (χ1n) is 13.7. The molecule has 0 saturated heterocycles. The fourth-order valence-electron chi connectivity index (χ4n) is 6.15. The van der Waals surface area contributed by atoms with E-state index >= 15 is 0 Å². The van der Waals surface area contributed by atoms with Crippen molar-refractivity contribution >= 4 is 23.1 Å². The van der Waals surface area contributed by atoms with Crippen molar-refractivity contribution in [1.82, 2.24) is 0 Å². The van der Waals surface area contributed by atoms with Gasteiger partial charge in [0.25, 0.3) is 0 Å². The fraction of sp³-hybridized carbons (Fsp3) is 0.548. The number of allylic oxidation sites excluding steroid dienone is 2. The van der Waals surface area contributed by atoms with Crippen LogP contribution in [0.2, 0.25) is 0 Å². The molecule has 4 atom stereocenters. The van der Waals surface area contributed by atoms with Crippen molar-refractivity contribution in [3.63, 3.8) is 0 Å². The van der Waals surface area contributed by atoms with Gasteiger partial charge in [-0.05, 0) is 80.4 Å².